The fourth-order valence-electron chi connectivity index (χ4n) is 2.11. The Labute approximate surface area is 104 Å². The highest BCUT2D eigenvalue weighted by Crippen LogP contribution is 2.12. The average molecular weight is 249 g/mol. The number of aromatic amines is 1. The van der Waals surface area contributed by atoms with Crippen LogP contribution >= 0.6 is 0 Å². The second kappa shape index (κ2) is 5.03. The molecule has 2 heterocycles. The summed E-state index contributed by atoms with van der Waals surface area (Å²) in [6.07, 6.45) is 2.20. The Bertz CT molecular complexity index is 523. The molecule has 1 aliphatic rings. The quantitative estimate of drug-likeness (QED) is 0.756. The summed E-state index contributed by atoms with van der Waals surface area (Å²) in [5.41, 5.74) is 0.0840. The molecule has 2 amide bonds. The molecule has 6 nitrogen and oxygen atoms in total. The second-order valence-corrected chi connectivity index (χ2v) is 4.38. The zero-order valence-corrected chi connectivity index (χ0v) is 10.1. The first-order chi connectivity index (χ1) is 8.56. The predicted octanol–water partition coefficient (Wildman–Crippen LogP) is -0.275. The van der Waals surface area contributed by atoms with Crippen molar-refractivity contribution in [2.75, 3.05) is 13.1 Å². The Morgan fingerprint density at radius 1 is 1.50 bits per heavy atom. The Hall–Kier alpha value is -2.11. The summed E-state index contributed by atoms with van der Waals surface area (Å²) in [5.74, 6) is -0.264. The minimum atomic E-state index is -0.293. The van der Waals surface area contributed by atoms with Crippen LogP contribution in [-0.2, 0) is 4.79 Å². The van der Waals surface area contributed by atoms with Crippen LogP contribution < -0.4 is 10.9 Å². The van der Waals surface area contributed by atoms with Crippen molar-refractivity contribution >= 4 is 11.8 Å². The monoisotopic (exact) mass is 249 g/mol. The van der Waals surface area contributed by atoms with Gasteiger partial charge in [-0.2, -0.15) is 0 Å². The molecule has 1 saturated heterocycles. The molecular weight excluding hydrogens is 234 g/mol. The first kappa shape index (κ1) is 12.3. The number of hydrogen-bond acceptors (Lipinski definition) is 3. The molecule has 18 heavy (non-hydrogen) atoms. The summed E-state index contributed by atoms with van der Waals surface area (Å²) in [6, 6.07) is 2.87. The molecule has 1 unspecified atom stereocenters. The van der Waals surface area contributed by atoms with E-state index in [2.05, 4.69) is 10.3 Å². The zero-order valence-electron chi connectivity index (χ0n) is 10.1. The van der Waals surface area contributed by atoms with Crippen LogP contribution in [0.2, 0.25) is 0 Å². The van der Waals surface area contributed by atoms with Gasteiger partial charge in [-0.1, -0.05) is 0 Å². The van der Waals surface area contributed by atoms with E-state index < -0.39 is 0 Å². The molecule has 1 aromatic rings. The molecule has 1 aromatic heterocycles. The van der Waals surface area contributed by atoms with Crippen molar-refractivity contribution < 1.29 is 9.59 Å². The number of pyridine rings is 1. The Kier molecular flexibility index (Phi) is 3.45. The lowest BCUT2D eigenvalue weighted by atomic mass is 10.2. The van der Waals surface area contributed by atoms with Crippen molar-refractivity contribution in [3.8, 4) is 0 Å². The Balaban J connectivity index is 2.03. The summed E-state index contributed by atoms with van der Waals surface area (Å²) in [7, 11) is 0. The highest BCUT2D eigenvalue weighted by molar-refractivity contribution is 5.94. The smallest absolute Gasteiger partial charge is 0.254 e. The van der Waals surface area contributed by atoms with Crippen molar-refractivity contribution in [2.24, 2.45) is 0 Å². The maximum atomic E-state index is 12.1. The van der Waals surface area contributed by atoms with E-state index in [4.69, 9.17) is 0 Å². The number of nitrogens with one attached hydrogen (secondary N) is 2. The number of amides is 2. The fourth-order valence-corrected chi connectivity index (χ4v) is 2.11. The van der Waals surface area contributed by atoms with Gasteiger partial charge in [0, 0.05) is 43.9 Å². The Morgan fingerprint density at radius 2 is 2.28 bits per heavy atom. The number of carbonyl (C=O) groups excluding carboxylic acids is 2. The summed E-state index contributed by atoms with van der Waals surface area (Å²) in [5, 5.41) is 2.79. The molecule has 0 radical (unpaired) electrons. The normalized spacial score (nSPS) is 18.7. The van der Waals surface area contributed by atoms with Gasteiger partial charge in [-0.25, -0.2) is 0 Å². The Morgan fingerprint density at radius 3 is 2.94 bits per heavy atom. The van der Waals surface area contributed by atoms with E-state index in [0.29, 0.717) is 18.7 Å². The molecule has 1 fully saturated rings. The number of aromatic nitrogens is 1. The van der Waals surface area contributed by atoms with Crippen LogP contribution in [0.5, 0.6) is 0 Å². The lowest BCUT2D eigenvalue weighted by Crippen LogP contribution is -2.37. The minimum Gasteiger partial charge on any atom is -0.352 e. The minimum absolute atomic E-state index is 0.00782. The standard InChI is InChI=1S/C12H15N3O3/c1-8(16)14-10-3-5-15(7-10)12(18)9-2-4-13-11(17)6-9/h2,4,6,10H,3,5,7H2,1H3,(H,13,17)(H,14,16). The van der Waals surface area contributed by atoms with Crippen LogP contribution in [0, 0.1) is 0 Å². The fraction of sp³-hybridized carbons (Fsp3) is 0.417. The van der Waals surface area contributed by atoms with Crippen molar-refractivity contribution in [1.29, 1.82) is 0 Å². The van der Waals surface area contributed by atoms with Crippen molar-refractivity contribution in [2.45, 2.75) is 19.4 Å². The van der Waals surface area contributed by atoms with Gasteiger partial charge < -0.3 is 15.2 Å². The summed E-state index contributed by atoms with van der Waals surface area (Å²) in [4.78, 5) is 38.3. The van der Waals surface area contributed by atoms with E-state index in [1.165, 1.54) is 19.2 Å². The molecule has 2 rings (SSSR count). The van der Waals surface area contributed by atoms with Gasteiger partial charge in [0.15, 0.2) is 0 Å². The molecule has 1 atom stereocenters. The van der Waals surface area contributed by atoms with E-state index in [0.717, 1.165) is 6.42 Å². The number of carbonyl (C=O) groups is 2. The number of likely N-dealkylation sites (tertiary alicyclic amines) is 1. The van der Waals surface area contributed by atoms with Crippen LogP contribution in [0.15, 0.2) is 23.1 Å². The van der Waals surface area contributed by atoms with Crippen LogP contribution in [0.25, 0.3) is 0 Å². The largest absolute Gasteiger partial charge is 0.352 e. The third-order valence-electron chi connectivity index (χ3n) is 2.90. The molecule has 96 valence electrons. The average Bonchev–Trinajstić information content (AvgIpc) is 2.75. The third-order valence-corrected chi connectivity index (χ3v) is 2.90. The molecule has 2 N–H and O–H groups in total. The summed E-state index contributed by atoms with van der Waals surface area (Å²) < 4.78 is 0. The number of hydrogen-bond donors (Lipinski definition) is 2. The zero-order chi connectivity index (χ0) is 13.1. The van der Waals surface area contributed by atoms with Gasteiger partial charge in [0.05, 0.1) is 0 Å². The number of H-pyrrole nitrogens is 1. The van der Waals surface area contributed by atoms with E-state index in [1.807, 2.05) is 0 Å². The van der Waals surface area contributed by atoms with E-state index in [1.54, 1.807) is 11.0 Å². The maximum absolute atomic E-state index is 12.1. The van der Waals surface area contributed by atoms with Gasteiger partial charge in [0.1, 0.15) is 0 Å². The molecule has 0 saturated carbocycles. The maximum Gasteiger partial charge on any atom is 0.254 e. The van der Waals surface area contributed by atoms with Crippen molar-refractivity contribution in [1.82, 2.24) is 15.2 Å². The van der Waals surface area contributed by atoms with E-state index >= 15 is 0 Å². The molecule has 0 spiro atoms. The first-order valence-corrected chi connectivity index (χ1v) is 5.81. The lowest BCUT2D eigenvalue weighted by molar-refractivity contribution is -0.119. The van der Waals surface area contributed by atoms with Gasteiger partial charge in [-0.15, -0.1) is 0 Å². The molecule has 0 aliphatic carbocycles. The van der Waals surface area contributed by atoms with Crippen LogP contribution in [0.4, 0.5) is 0 Å². The third kappa shape index (κ3) is 2.77. The molecule has 1 aliphatic heterocycles. The lowest BCUT2D eigenvalue weighted by Gasteiger charge is -2.16. The van der Waals surface area contributed by atoms with E-state index in [9.17, 15) is 14.4 Å². The molecule has 6 heteroatoms. The van der Waals surface area contributed by atoms with Crippen molar-refractivity contribution in [3.05, 3.63) is 34.2 Å². The highest BCUT2D eigenvalue weighted by Gasteiger charge is 2.27. The van der Waals surface area contributed by atoms with Crippen LogP contribution in [0.3, 0.4) is 0 Å². The predicted molar refractivity (Wildman–Crippen MR) is 65.2 cm³/mol. The van der Waals surface area contributed by atoms with Crippen LogP contribution in [-0.4, -0.2) is 40.8 Å². The van der Waals surface area contributed by atoms with Crippen LogP contribution in [0.1, 0.15) is 23.7 Å². The van der Waals surface area contributed by atoms with Gasteiger partial charge in [-0.05, 0) is 12.5 Å². The highest BCUT2D eigenvalue weighted by atomic mass is 16.2. The molecule has 0 aromatic carbocycles. The first-order valence-electron chi connectivity index (χ1n) is 5.81. The van der Waals surface area contributed by atoms with Gasteiger partial charge in [0.2, 0.25) is 11.5 Å². The molecular formula is C12H15N3O3. The number of nitrogens with zero attached hydrogens (tertiary/aromatic N) is 1. The van der Waals surface area contributed by atoms with Gasteiger partial charge in [-0.3, -0.25) is 14.4 Å². The summed E-state index contributed by atoms with van der Waals surface area (Å²) >= 11 is 0. The SMILES string of the molecule is CC(=O)NC1CCN(C(=O)c2cc[nH]c(=O)c2)C1. The van der Waals surface area contributed by atoms with Gasteiger partial charge in [0.25, 0.3) is 5.91 Å². The van der Waals surface area contributed by atoms with Crippen molar-refractivity contribution in [3.63, 3.8) is 0 Å². The van der Waals surface area contributed by atoms with Gasteiger partial charge >= 0.3 is 0 Å². The summed E-state index contributed by atoms with van der Waals surface area (Å²) in [6.45, 7) is 2.54. The second-order valence-electron chi connectivity index (χ2n) is 4.38. The number of rotatable bonds is 2. The topological polar surface area (TPSA) is 82.3 Å². The van der Waals surface area contributed by atoms with E-state index in [-0.39, 0.29) is 23.4 Å². The molecule has 0 bridgehead atoms.